The van der Waals surface area contributed by atoms with E-state index in [0.29, 0.717) is 31.5 Å². The first-order valence-electron chi connectivity index (χ1n) is 8.87. The lowest BCUT2D eigenvalue weighted by Gasteiger charge is -2.25. The molecule has 1 N–H and O–H groups in total. The Bertz CT molecular complexity index is 749. The minimum absolute atomic E-state index is 0.589. The van der Waals surface area contributed by atoms with Gasteiger partial charge in [0, 0.05) is 18.8 Å². The van der Waals surface area contributed by atoms with Crippen molar-refractivity contribution in [2.24, 2.45) is 0 Å². The predicted molar refractivity (Wildman–Crippen MR) is 107 cm³/mol. The zero-order valence-electron chi connectivity index (χ0n) is 15.2. The van der Waals surface area contributed by atoms with Gasteiger partial charge in [-0.05, 0) is 68.0 Å². The molecule has 3 rings (SSSR count). The molecule has 0 spiro atoms. The van der Waals surface area contributed by atoms with Crippen LogP contribution >= 0.6 is 12.2 Å². The lowest BCUT2D eigenvalue weighted by molar-refractivity contribution is 0.171. The fourth-order valence-corrected chi connectivity index (χ4v) is 3.05. The van der Waals surface area contributed by atoms with E-state index >= 15 is 0 Å². The SMILES string of the molecule is CCOc1ccc(NC(=S)N(CC)Cc2ccc3c(c2)OCCO3)cc1. The molecule has 2 aromatic carbocycles. The van der Waals surface area contributed by atoms with Crippen LogP contribution < -0.4 is 19.5 Å². The summed E-state index contributed by atoms with van der Waals surface area (Å²) in [6.07, 6.45) is 0. The number of nitrogens with zero attached hydrogens (tertiary/aromatic N) is 1. The summed E-state index contributed by atoms with van der Waals surface area (Å²) in [5, 5.41) is 3.98. The van der Waals surface area contributed by atoms with Gasteiger partial charge in [-0.15, -0.1) is 0 Å². The zero-order chi connectivity index (χ0) is 18.4. The average Bonchev–Trinajstić information content (AvgIpc) is 2.67. The van der Waals surface area contributed by atoms with Crippen LogP contribution in [0.25, 0.3) is 0 Å². The molecule has 0 aromatic heterocycles. The normalized spacial score (nSPS) is 12.4. The van der Waals surface area contributed by atoms with Gasteiger partial charge in [-0.2, -0.15) is 0 Å². The topological polar surface area (TPSA) is 43.0 Å². The van der Waals surface area contributed by atoms with Gasteiger partial charge >= 0.3 is 0 Å². The molecule has 0 saturated carbocycles. The third kappa shape index (κ3) is 4.58. The first-order chi connectivity index (χ1) is 12.7. The fourth-order valence-electron chi connectivity index (χ4n) is 2.74. The van der Waals surface area contributed by atoms with Crippen LogP contribution in [-0.2, 0) is 6.54 Å². The fraction of sp³-hybridized carbons (Fsp3) is 0.350. The number of anilines is 1. The first-order valence-corrected chi connectivity index (χ1v) is 9.27. The molecule has 1 heterocycles. The van der Waals surface area contributed by atoms with Crippen LogP contribution in [0.15, 0.2) is 42.5 Å². The van der Waals surface area contributed by atoms with Gasteiger partial charge in [0.2, 0.25) is 0 Å². The molecule has 6 heteroatoms. The third-order valence-corrected chi connectivity index (χ3v) is 4.43. The maximum Gasteiger partial charge on any atom is 0.173 e. The highest BCUT2D eigenvalue weighted by Gasteiger charge is 2.14. The van der Waals surface area contributed by atoms with Gasteiger partial charge in [-0.3, -0.25) is 0 Å². The van der Waals surface area contributed by atoms with Gasteiger partial charge in [-0.1, -0.05) is 6.07 Å². The van der Waals surface area contributed by atoms with Crippen molar-refractivity contribution in [2.75, 3.05) is 31.7 Å². The van der Waals surface area contributed by atoms with E-state index < -0.39 is 0 Å². The van der Waals surface area contributed by atoms with Crippen molar-refractivity contribution in [3.63, 3.8) is 0 Å². The zero-order valence-corrected chi connectivity index (χ0v) is 16.0. The summed E-state index contributed by atoms with van der Waals surface area (Å²) in [6, 6.07) is 13.8. The number of nitrogens with one attached hydrogen (secondary N) is 1. The Labute approximate surface area is 159 Å². The number of fused-ring (bicyclic) bond motifs is 1. The summed E-state index contributed by atoms with van der Waals surface area (Å²) < 4.78 is 16.7. The maximum atomic E-state index is 5.66. The molecule has 0 radical (unpaired) electrons. The van der Waals surface area contributed by atoms with Crippen molar-refractivity contribution in [1.82, 2.24) is 4.90 Å². The second-order valence-electron chi connectivity index (χ2n) is 5.88. The molecule has 26 heavy (non-hydrogen) atoms. The lowest BCUT2D eigenvalue weighted by atomic mass is 10.2. The Hall–Kier alpha value is -2.47. The van der Waals surface area contributed by atoms with Crippen molar-refractivity contribution in [2.45, 2.75) is 20.4 Å². The summed E-state index contributed by atoms with van der Waals surface area (Å²) in [5.41, 5.74) is 2.08. The number of hydrogen-bond acceptors (Lipinski definition) is 4. The highest BCUT2D eigenvalue weighted by Crippen LogP contribution is 2.31. The number of benzene rings is 2. The molecule has 0 aliphatic carbocycles. The van der Waals surface area contributed by atoms with Gasteiger partial charge in [0.25, 0.3) is 0 Å². The Morgan fingerprint density at radius 2 is 1.81 bits per heavy atom. The second kappa shape index (κ2) is 8.76. The Morgan fingerprint density at radius 1 is 1.08 bits per heavy atom. The van der Waals surface area contributed by atoms with Crippen LogP contribution in [-0.4, -0.2) is 36.4 Å². The van der Waals surface area contributed by atoms with Crippen LogP contribution in [0.3, 0.4) is 0 Å². The van der Waals surface area contributed by atoms with E-state index in [4.69, 9.17) is 26.4 Å². The molecule has 2 aromatic rings. The molecular weight excluding hydrogens is 348 g/mol. The van der Waals surface area contributed by atoms with E-state index in [-0.39, 0.29) is 0 Å². The quantitative estimate of drug-likeness (QED) is 0.771. The first kappa shape index (κ1) is 18.3. The number of rotatable bonds is 6. The number of ether oxygens (including phenoxy) is 3. The summed E-state index contributed by atoms with van der Waals surface area (Å²) in [5.74, 6) is 2.46. The van der Waals surface area contributed by atoms with Crippen LogP contribution in [0.1, 0.15) is 19.4 Å². The van der Waals surface area contributed by atoms with E-state index in [2.05, 4.69) is 23.2 Å². The van der Waals surface area contributed by atoms with Crippen LogP contribution in [0.5, 0.6) is 17.2 Å². The molecular formula is C20H24N2O3S. The highest BCUT2D eigenvalue weighted by atomic mass is 32.1. The van der Waals surface area contributed by atoms with Crippen LogP contribution in [0.2, 0.25) is 0 Å². The standard InChI is InChI=1S/C20H24N2O3S/c1-3-22(14-15-5-10-18-19(13-15)25-12-11-24-18)20(26)21-16-6-8-17(9-7-16)23-4-2/h5-10,13H,3-4,11-12,14H2,1-2H3,(H,21,26). The molecule has 138 valence electrons. The Morgan fingerprint density at radius 3 is 2.50 bits per heavy atom. The van der Waals surface area contributed by atoms with Crippen molar-refractivity contribution < 1.29 is 14.2 Å². The van der Waals surface area contributed by atoms with Crippen molar-refractivity contribution in [3.8, 4) is 17.2 Å². The monoisotopic (exact) mass is 372 g/mol. The minimum atomic E-state index is 0.589. The molecule has 1 aliphatic heterocycles. The average molecular weight is 372 g/mol. The van der Waals surface area contributed by atoms with Crippen LogP contribution in [0.4, 0.5) is 5.69 Å². The molecule has 0 unspecified atom stereocenters. The summed E-state index contributed by atoms with van der Waals surface area (Å²) in [7, 11) is 0. The van der Waals surface area contributed by atoms with Gasteiger partial charge in [0.15, 0.2) is 16.6 Å². The number of hydrogen-bond donors (Lipinski definition) is 1. The van der Waals surface area contributed by atoms with E-state index in [9.17, 15) is 0 Å². The van der Waals surface area contributed by atoms with E-state index in [1.165, 1.54) is 0 Å². The maximum absolute atomic E-state index is 5.66. The molecule has 0 saturated heterocycles. The van der Waals surface area contributed by atoms with Gasteiger partial charge < -0.3 is 24.4 Å². The predicted octanol–water partition coefficient (Wildman–Crippen LogP) is 4.08. The molecule has 0 fully saturated rings. The van der Waals surface area contributed by atoms with E-state index in [1.54, 1.807) is 0 Å². The molecule has 5 nitrogen and oxygen atoms in total. The molecule has 0 bridgehead atoms. The second-order valence-corrected chi connectivity index (χ2v) is 6.27. The molecule has 0 atom stereocenters. The van der Waals surface area contributed by atoms with Gasteiger partial charge in [0.05, 0.1) is 6.61 Å². The van der Waals surface area contributed by atoms with E-state index in [1.807, 2.05) is 43.3 Å². The number of thiocarbonyl (C=S) groups is 1. The highest BCUT2D eigenvalue weighted by molar-refractivity contribution is 7.80. The van der Waals surface area contributed by atoms with Crippen LogP contribution in [0, 0.1) is 0 Å². The molecule has 0 amide bonds. The van der Waals surface area contributed by atoms with Crippen molar-refractivity contribution >= 4 is 23.0 Å². The Kier molecular flexibility index (Phi) is 6.17. The van der Waals surface area contributed by atoms with E-state index in [0.717, 1.165) is 35.0 Å². The van der Waals surface area contributed by atoms with Gasteiger partial charge in [-0.25, -0.2) is 0 Å². The smallest absolute Gasteiger partial charge is 0.173 e. The largest absolute Gasteiger partial charge is 0.494 e. The van der Waals surface area contributed by atoms with Crippen molar-refractivity contribution in [3.05, 3.63) is 48.0 Å². The van der Waals surface area contributed by atoms with Crippen molar-refractivity contribution in [1.29, 1.82) is 0 Å². The summed E-state index contributed by atoms with van der Waals surface area (Å²) in [6.45, 7) is 7.41. The van der Waals surface area contributed by atoms with Gasteiger partial charge in [0.1, 0.15) is 19.0 Å². The Balaban J connectivity index is 1.63. The lowest BCUT2D eigenvalue weighted by Crippen LogP contribution is -2.34. The summed E-state index contributed by atoms with van der Waals surface area (Å²) >= 11 is 5.59. The molecule has 1 aliphatic rings. The summed E-state index contributed by atoms with van der Waals surface area (Å²) in [4.78, 5) is 2.11. The minimum Gasteiger partial charge on any atom is -0.494 e. The third-order valence-electron chi connectivity index (χ3n) is 4.07.